The number of aliphatic carboxylic acids is 1. The van der Waals surface area contributed by atoms with Crippen molar-refractivity contribution >= 4 is 11.8 Å². The van der Waals surface area contributed by atoms with E-state index in [2.05, 4.69) is 27.4 Å². The van der Waals surface area contributed by atoms with Crippen LogP contribution in [-0.2, 0) is 19.1 Å². The minimum Gasteiger partial charge on any atom is -0.481 e. The Morgan fingerprint density at radius 2 is 1.68 bits per heavy atom. The van der Waals surface area contributed by atoms with Crippen molar-refractivity contribution in [3.8, 4) is 0 Å². The van der Waals surface area contributed by atoms with Crippen LogP contribution in [0.25, 0.3) is 0 Å². The number of carboxylic acid groups (broad SMARTS) is 1. The summed E-state index contributed by atoms with van der Waals surface area (Å²) in [6, 6.07) is 0. The molecule has 4 N–H and O–H groups in total. The summed E-state index contributed by atoms with van der Waals surface area (Å²) < 4.78 is 12.1. The zero-order valence-corrected chi connectivity index (χ0v) is 23.0. The molecule has 0 aromatic heterocycles. The SMILES string of the molecule is C=C(C)C1CCC2(C)C(CC(O[C@@H]3OC[C@H](O)[C@H](O)[C@H]3O)C3C(C(C)=O)CCC32C)C1(C)CCC(=O)O. The van der Waals surface area contributed by atoms with E-state index in [9.17, 15) is 30.0 Å². The second-order valence-corrected chi connectivity index (χ2v) is 13.2. The highest BCUT2D eigenvalue weighted by Crippen LogP contribution is 2.73. The van der Waals surface area contributed by atoms with Crippen molar-refractivity contribution in [1.82, 2.24) is 0 Å². The number of rotatable bonds is 7. The Labute approximate surface area is 220 Å². The van der Waals surface area contributed by atoms with Crippen molar-refractivity contribution in [3.63, 3.8) is 0 Å². The van der Waals surface area contributed by atoms with Crippen LogP contribution in [0.2, 0.25) is 0 Å². The van der Waals surface area contributed by atoms with Crippen LogP contribution in [0.4, 0.5) is 0 Å². The predicted octanol–water partition coefficient (Wildman–Crippen LogP) is 3.32. The Morgan fingerprint density at radius 3 is 2.27 bits per heavy atom. The zero-order chi connectivity index (χ0) is 27.5. The average molecular weight is 523 g/mol. The van der Waals surface area contributed by atoms with E-state index < -0.39 is 36.7 Å². The number of allylic oxidation sites excluding steroid dienone is 1. The molecule has 1 heterocycles. The number of hydrogen-bond acceptors (Lipinski definition) is 7. The van der Waals surface area contributed by atoms with E-state index in [1.807, 2.05) is 6.92 Å². The van der Waals surface area contributed by atoms with Crippen molar-refractivity contribution in [3.05, 3.63) is 12.2 Å². The Bertz CT molecular complexity index is 920. The number of hydrogen-bond donors (Lipinski definition) is 4. The maximum atomic E-state index is 12.9. The Morgan fingerprint density at radius 1 is 1.03 bits per heavy atom. The molecule has 0 aromatic rings. The van der Waals surface area contributed by atoms with E-state index in [1.165, 1.54) is 0 Å². The number of carboxylic acids is 1. The van der Waals surface area contributed by atoms with Crippen LogP contribution < -0.4 is 0 Å². The molecule has 1 aliphatic heterocycles. The molecule has 0 bridgehead atoms. The van der Waals surface area contributed by atoms with Gasteiger partial charge in [-0.1, -0.05) is 32.9 Å². The number of aliphatic hydroxyl groups excluding tert-OH is 3. The second-order valence-electron chi connectivity index (χ2n) is 13.2. The van der Waals surface area contributed by atoms with Gasteiger partial charge in [-0.3, -0.25) is 9.59 Å². The van der Waals surface area contributed by atoms with Gasteiger partial charge in [0.2, 0.25) is 0 Å². The lowest BCUT2D eigenvalue weighted by Gasteiger charge is -2.67. The summed E-state index contributed by atoms with van der Waals surface area (Å²) in [6.45, 7) is 14.6. The number of fused-ring (bicyclic) bond motifs is 3. The molecule has 8 nitrogen and oxygen atoms in total. The monoisotopic (exact) mass is 522 g/mol. The fourth-order valence-electron chi connectivity index (χ4n) is 9.29. The van der Waals surface area contributed by atoms with Crippen molar-refractivity contribution in [2.45, 2.75) is 110 Å². The van der Waals surface area contributed by atoms with Crippen molar-refractivity contribution < 1.29 is 39.5 Å². The first-order valence-electron chi connectivity index (χ1n) is 13.9. The third-order valence-corrected chi connectivity index (χ3v) is 11.4. The normalized spacial score (nSPS) is 49.7. The van der Waals surface area contributed by atoms with Gasteiger partial charge in [-0.25, -0.2) is 0 Å². The van der Waals surface area contributed by atoms with Crippen molar-refractivity contribution in [2.75, 3.05) is 6.61 Å². The van der Waals surface area contributed by atoms with E-state index >= 15 is 0 Å². The lowest BCUT2D eigenvalue weighted by molar-refractivity contribution is -0.309. The van der Waals surface area contributed by atoms with Crippen LogP contribution in [0, 0.1) is 39.9 Å². The van der Waals surface area contributed by atoms with Crippen LogP contribution in [0.1, 0.15) is 79.6 Å². The summed E-state index contributed by atoms with van der Waals surface area (Å²) in [4.78, 5) is 24.6. The van der Waals surface area contributed by atoms with Gasteiger partial charge < -0.3 is 29.9 Å². The third kappa shape index (κ3) is 4.50. The first-order valence-corrected chi connectivity index (χ1v) is 13.9. The smallest absolute Gasteiger partial charge is 0.303 e. The molecule has 3 saturated carbocycles. The molecule has 0 amide bonds. The first kappa shape index (κ1) is 28.7. The Kier molecular flexibility index (Phi) is 7.76. The van der Waals surface area contributed by atoms with Crippen LogP contribution in [0.15, 0.2) is 12.2 Å². The molecule has 4 fully saturated rings. The molecule has 4 rings (SSSR count). The number of carbonyl (C=O) groups is 2. The molecule has 1 saturated heterocycles. The van der Waals surface area contributed by atoms with Gasteiger partial charge in [-0.05, 0) is 80.5 Å². The molecule has 8 heteroatoms. The lowest BCUT2D eigenvalue weighted by atomic mass is 9.38. The predicted molar refractivity (Wildman–Crippen MR) is 136 cm³/mol. The summed E-state index contributed by atoms with van der Waals surface area (Å²) in [5.74, 6) is -0.670. The first-order chi connectivity index (χ1) is 17.2. The van der Waals surface area contributed by atoms with Gasteiger partial charge in [-0.15, -0.1) is 0 Å². The van der Waals surface area contributed by atoms with Crippen LogP contribution in [0.3, 0.4) is 0 Å². The summed E-state index contributed by atoms with van der Waals surface area (Å²) in [5, 5.41) is 40.5. The minimum atomic E-state index is -1.41. The molecular formula is C29H46O8. The summed E-state index contributed by atoms with van der Waals surface area (Å²) >= 11 is 0. The highest BCUT2D eigenvalue weighted by atomic mass is 16.7. The van der Waals surface area contributed by atoms with E-state index in [0.717, 1.165) is 31.3 Å². The number of aliphatic hydroxyl groups is 3. The molecule has 0 aromatic carbocycles. The lowest BCUT2D eigenvalue weighted by Crippen LogP contribution is -2.64. The Balaban J connectivity index is 1.77. The van der Waals surface area contributed by atoms with Crippen LogP contribution in [-0.4, -0.2) is 69.5 Å². The van der Waals surface area contributed by atoms with Gasteiger partial charge in [0.1, 0.15) is 24.1 Å². The average Bonchev–Trinajstić information content (AvgIpc) is 3.19. The Hall–Kier alpha value is -1.32. The number of ether oxygens (including phenoxy) is 2. The van der Waals surface area contributed by atoms with Crippen LogP contribution in [0.5, 0.6) is 0 Å². The zero-order valence-electron chi connectivity index (χ0n) is 23.0. The van der Waals surface area contributed by atoms with Gasteiger partial charge >= 0.3 is 5.97 Å². The molecule has 0 spiro atoms. The quantitative estimate of drug-likeness (QED) is 0.296. The van der Waals surface area contributed by atoms with E-state index in [0.29, 0.717) is 12.8 Å². The largest absolute Gasteiger partial charge is 0.481 e. The standard InChI is InChI=1S/C29H46O8/c1-15(2)18-8-12-28(5)21(27(18,4)10-9-22(32)33)13-20(23-17(16(3)30)7-11-29(23,28)6)37-26-25(35)24(34)19(31)14-36-26/h17-21,23-26,31,34-35H,1,7-14H2,2-6H3,(H,32,33)/t17?,18?,19-,20?,21?,23?,24-,25+,26-,27?,28?,29?/m0/s1. The third-order valence-electron chi connectivity index (χ3n) is 11.4. The highest BCUT2D eigenvalue weighted by Gasteiger charge is 2.69. The highest BCUT2D eigenvalue weighted by molar-refractivity contribution is 5.79. The van der Waals surface area contributed by atoms with E-state index in [4.69, 9.17) is 9.47 Å². The van der Waals surface area contributed by atoms with Crippen molar-refractivity contribution in [2.24, 2.45) is 39.9 Å². The summed E-state index contributed by atoms with van der Waals surface area (Å²) in [6.07, 6.45) is -0.776. The van der Waals surface area contributed by atoms with Gasteiger partial charge in [0.25, 0.3) is 0 Å². The summed E-state index contributed by atoms with van der Waals surface area (Å²) in [5.41, 5.74) is 0.362. The van der Waals surface area contributed by atoms with Gasteiger partial charge in [0, 0.05) is 18.3 Å². The maximum absolute atomic E-state index is 12.9. The molecule has 210 valence electrons. The molecule has 12 atom stereocenters. The molecular weight excluding hydrogens is 476 g/mol. The van der Waals surface area contributed by atoms with Crippen molar-refractivity contribution in [1.29, 1.82) is 0 Å². The van der Waals surface area contributed by atoms with Gasteiger partial charge in [-0.2, -0.15) is 0 Å². The molecule has 4 aliphatic rings. The van der Waals surface area contributed by atoms with Gasteiger partial charge in [0.15, 0.2) is 6.29 Å². The van der Waals surface area contributed by atoms with Crippen LogP contribution >= 0.6 is 0 Å². The molecule has 0 radical (unpaired) electrons. The summed E-state index contributed by atoms with van der Waals surface area (Å²) in [7, 11) is 0. The molecule has 8 unspecified atom stereocenters. The fraction of sp³-hybridized carbons (Fsp3) is 0.862. The number of Topliss-reactive ketones (excluding diaryl/α,β-unsaturated/α-hetero) is 1. The van der Waals surface area contributed by atoms with E-state index in [1.54, 1.807) is 6.92 Å². The molecule has 3 aliphatic carbocycles. The number of ketones is 1. The fourth-order valence-corrected chi connectivity index (χ4v) is 9.29. The maximum Gasteiger partial charge on any atom is 0.303 e. The van der Waals surface area contributed by atoms with Gasteiger partial charge in [0.05, 0.1) is 12.7 Å². The topological polar surface area (TPSA) is 134 Å². The minimum absolute atomic E-state index is 0.0725. The van der Waals surface area contributed by atoms with E-state index in [-0.39, 0.29) is 58.7 Å². The second kappa shape index (κ2) is 10.0. The molecule has 37 heavy (non-hydrogen) atoms. The number of carbonyl (C=O) groups excluding carboxylic acids is 1.